The van der Waals surface area contributed by atoms with E-state index >= 15 is 0 Å². The largest absolute Gasteiger partial charge is 0.0836 e. The summed E-state index contributed by atoms with van der Waals surface area (Å²) in [5, 5.41) is 0. The van der Waals surface area contributed by atoms with Crippen molar-refractivity contribution < 1.29 is 0 Å². The number of fused-ring (bicyclic) bond motifs is 9. The quantitative estimate of drug-likeness (QED) is 0.445. The second-order valence-corrected chi connectivity index (χ2v) is 7.72. The first-order valence-electron chi connectivity index (χ1n) is 9.53. The number of benzene rings is 3. The van der Waals surface area contributed by atoms with E-state index < -0.39 is 0 Å². The Bertz CT molecular complexity index is 1090. The standard InChI is InChI=1S/C26H20/c1-17-14-15-21-20-10-4-7-13-24(20)26(25(21)16-17)22-11-5-2-8-18(22)19-9-3-6-12-23(19)26/h2-6,8-12,14-16H,7,13H2,1H3. The summed E-state index contributed by atoms with van der Waals surface area (Å²) in [5.41, 5.74) is 12.9. The average molecular weight is 332 g/mol. The lowest BCUT2D eigenvalue weighted by Gasteiger charge is -2.33. The minimum Gasteiger partial charge on any atom is -0.0836 e. The molecule has 3 aliphatic rings. The van der Waals surface area contributed by atoms with E-state index in [4.69, 9.17) is 0 Å². The molecule has 1 spiro atoms. The van der Waals surface area contributed by atoms with Crippen LogP contribution in [0.2, 0.25) is 0 Å². The molecule has 0 N–H and O–H groups in total. The maximum atomic E-state index is 2.43. The first-order valence-corrected chi connectivity index (χ1v) is 9.53. The van der Waals surface area contributed by atoms with Gasteiger partial charge >= 0.3 is 0 Å². The van der Waals surface area contributed by atoms with E-state index in [1.54, 1.807) is 5.57 Å². The molecule has 3 aromatic carbocycles. The van der Waals surface area contributed by atoms with Crippen LogP contribution in [0, 0.1) is 6.92 Å². The minimum atomic E-state index is -0.103. The molecule has 0 aromatic heterocycles. The maximum absolute atomic E-state index is 2.43. The van der Waals surface area contributed by atoms with Crippen molar-refractivity contribution in [3.63, 3.8) is 0 Å². The van der Waals surface area contributed by atoms with Gasteiger partial charge in [0.05, 0.1) is 5.41 Å². The average Bonchev–Trinajstić information content (AvgIpc) is 3.15. The zero-order valence-electron chi connectivity index (χ0n) is 14.9. The number of allylic oxidation sites excluding steroid dienone is 4. The summed E-state index contributed by atoms with van der Waals surface area (Å²) < 4.78 is 0. The molecule has 0 heteroatoms. The van der Waals surface area contributed by atoms with Crippen molar-refractivity contribution in [2.75, 3.05) is 0 Å². The Labute approximate surface area is 154 Å². The van der Waals surface area contributed by atoms with Crippen LogP contribution >= 0.6 is 0 Å². The van der Waals surface area contributed by atoms with Crippen LogP contribution in [-0.2, 0) is 5.41 Å². The number of aryl methyl sites for hydroxylation is 1. The minimum absolute atomic E-state index is 0.103. The predicted molar refractivity (Wildman–Crippen MR) is 108 cm³/mol. The van der Waals surface area contributed by atoms with Gasteiger partial charge in [-0.1, -0.05) is 84.4 Å². The Morgan fingerprint density at radius 2 is 1.42 bits per heavy atom. The molecule has 0 bridgehead atoms. The van der Waals surface area contributed by atoms with Gasteiger partial charge in [0.15, 0.2) is 0 Å². The van der Waals surface area contributed by atoms with E-state index in [2.05, 4.69) is 85.8 Å². The number of rotatable bonds is 0. The van der Waals surface area contributed by atoms with Crippen molar-refractivity contribution in [2.24, 2.45) is 0 Å². The molecule has 0 amide bonds. The van der Waals surface area contributed by atoms with Crippen molar-refractivity contribution in [3.8, 4) is 11.1 Å². The molecule has 6 rings (SSSR count). The lowest BCUT2D eigenvalue weighted by atomic mass is 9.68. The van der Waals surface area contributed by atoms with Crippen molar-refractivity contribution >= 4 is 5.57 Å². The van der Waals surface area contributed by atoms with E-state index in [0.29, 0.717) is 0 Å². The van der Waals surface area contributed by atoms with Gasteiger partial charge in [0.2, 0.25) is 0 Å². The topological polar surface area (TPSA) is 0 Å². The van der Waals surface area contributed by atoms with E-state index in [1.807, 2.05) is 0 Å². The van der Waals surface area contributed by atoms with Crippen LogP contribution in [-0.4, -0.2) is 0 Å². The fraction of sp³-hybridized carbons (Fsp3) is 0.154. The first-order chi connectivity index (χ1) is 12.8. The van der Waals surface area contributed by atoms with Crippen LogP contribution < -0.4 is 0 Å². The van der Waals surface area contributed by atoms with E-state index in [-0.39, 0.29) is 5.41 Å². The Morgan fingerprint density at radius 1 is 0.731 bits per heavy atom. The SMILES string of the molecule is Cc1ccc2c(c1)C1(C3=C2C=CCC3)c2ccccc2-c2ccccc21. The fourth-order valence-electron chi connectivity index (χ4n) is 5.52. The molecule has 0 saturated heterocycles. The molecule has 0 aliphatic heterocycles. The summed E-state index contributed by atoms with van der Waals surface area (Å²) >= 11 is 0. The highest BCUT2D eigenvalue weighted by molar-refractivity contribution is 5.97. The van der Waals surface area contributed by atoms with Crippen molar-refractivity contribution in [1.82, 2.24) is 0 Å². The van der Waals surface area contributed by atoms with Gasteiger partial charge < -0.3 is 0 Å². The third-order valence-electron chi connectivity index (χ3n) is 6.44. The van der Waals surface area contributed by atoms with Gasteiger partial charge in [-0.15, -0.1) is 0 Å². The van der Waals surface area contributed by atoms with Crippen LogP contribution in [0.15, 0.2) is 84.5 Å². The molecule has 3 aromatic rings. The maximum Gasteiger partial charge on any atom is 0.0688 e. The summed E-state index contributed by atoms with van der Waals surface area (Å²) in [7, 11) is 0. The number of hydrogen-bond acceptors (Lipinski definition) is 0. The molecule has 124 valence electrons. The lowest BCUT2D eigenvalue weighted by molar-refractivity contribution is 0.713. The Balaban J connectivity index is 1.84. The second-order valence-electron chi connectivity index (χ2n) is 7.72. The Morgan fingerprint density at radius 3 is 2.15 bits per heavy atom. The molecule has 0 saturated carbocycles. The summed E-state index contributed by atoms with van der Waals surface area (Å²) in [4.78, 5) is 0. The van der Waals surface area contributed by atoms with Crippen LogP contribution in [0.1, 0.15) is 40.7 Å². The zero-order valence-corrected chi connectivity index (χ0v) is 14.9. The van der Waals surface area contributed by atoms with Crippen molar-refractivity contribution in [3.05, 3.63) is 112 Å². The molecule has 3 aliphatic carbocycles. The third-order valence-corrected chi connectivity index (χ3v) is 6.44. The van der Waals surface area contributed by atoms with Gasteiger partial charge in [-0.2, -0.15) is 0 Å². The van der Waals surface area contributed by atoms with Crippen LogP contribution in [0.5, 0.6) is 0 Å². The lowest BCUT2D eigenvalue weighted by Crippen LogP contribution is -2.27. The summed E-state index contributed by atoms with van der Waals surface area (Å²) in [6, 6.07) is 25.1. The van der Waals surface area contributed by atoms with E-state index in [1.165, 1.54) is 44.5 Å². The highest BCUT2D eigenvalue weighted by atomic mass is 14.5. The third kappa shape index (κ3) is 1.52. The molecule has 0 radical (unpaired) electrons. The predicted octanol–water partition coefficient (Wildman–Crippen LogP) is 6.43. The molecule has 0 unspecified atom stereocenters. The monoisotopic (exact) mass is 332 g/mol. The second kappa shape index (κ2) is 4.86. The van der Waals surface area contributed by atoms with Crippen LogP contribution in [0.3, 0.4) is 0 Å². The highest BCUT2D eigenvalue weighted by Gasteiger charge is 2.52. The summed E-state index contributed by atoms with van der Waals surface area (Å²) in [6.45, 7) is 2.22. The molecule has 0 atom stereocenters. The molecule has 0 fully saturated rings. The Kier molecular flexibility index (Phi) is 2.68. The van der Waals surface area contributed by atoms with Gasteiger partial charge in [0, 0.05) is 0 Å². The van der Waals surface area contributed by atoms with Gasteiger partial charge in [-0.05, 0) is 64.3 Å². The summed E-state index contributed by atoms with van der Waals surface area (Å²) in [6.07, 6.45) is 6.99. The summed E-state index contributed by atoms with van der Waals surface area (Å²) in [5.74, 6) is 0. The van der Waals surface area contributed by atoms with Gasteiger partial charge in [-0.3, -0.25) is 0 Å². The zero-order chi connectivity index (χ0) is 17.3. The normalized spacial score (nSPS) is 17.9. The van der Waals surface area contributed by atoms with Crippen molar-refractivity contribution in [2.45, 2.75) is 25.2 Å². The molecule has 26 heavy (non-hydrogen) atoms. The van der Waals surface area contributed by atoms with Crippen LogP contribution in [0.25, 0.3) is 16.7 Å². The van der Waals surface area contributed by atoms with Gasteiger partial charge in [0.25, 0.3) is 0 Å². The van der Waals surface area contributed by atoms with Crippen LogP contribution in [0.4, 0.5) is 0 Å². The smallest absolute Gasteiger partial charge is 0.0688 e. The number of hydrogen-bond donors (Lipinski definition) is 0. The van der Waals surface area contributed by atoms with Gasteiger partial charge in [-0.25, -0.2) is 0 Å². The van der Waals surface area contributed by atoms with Crippen molar-refractivity contribution in [1.29, 1.82) is 0 Å². The van der Waals surface area contributed by atoms with E-state index in [0.717, 1.165) is 12.8 Å². The highest BCUT2D eigenvalue weighted by Crippen LogP contribution is 2.63. The Hall–Kier alpha value is -2.86. The molecule has 0 heterocycles. The fourth-order valence-corrected chi connectivity index (χ4v) is 5.52. The molecular formula is C26H20. The molecule has 0 nitrogen and oxygen atoms in total. The first kappa shape index (κ1) is 14.3. The van der Waals surface area contributed by atoms with E-state index in [9.17, 15) is 0 Å². The van der Waals surface area contributed by atoms with Gasteiger partial charge in [0.1, 0.15) is 0 Å². The molecular weight excluding hydrogens is 312 g/mol.